The first kappa shape index (κ1) is 16.0. The Kier molecular flexibility index (Phi) is 5.82. The highest BCUT2D eigenvalue weighted by atomic mass is 16.3. The number of hydrogen-bond donors (Lipinski definition) is 1. The Hall–Kier alpha value is -1.33. The monoisotopic (exact) mass is 293 g/mol. The number of likely N-dealkylation sites (tertiary alicyclic amines) is 1. The molecule has 5 nitrogen and oxygen atoms in total. The summed E-state index contributed by atoms with van der Waals surface area (Å²) in [7, 11) is 1.83. The number of likely N-dealkylation sites (N-methyl/N-ethyl adjacent to an activating group) is 1. The summed E-state index contributed by atoms with van der Waals surface area (Å²) < 4.78 is 5.52. The van der Waals surface area contributed by atoms with Crippen molar-refractivity contribution in [1.29, 1.82) is 0 Å². The van der Waals surface area contributed by atoms with Gasteiger partial charge in [-0.2, -0.15) is 0 Å². The number of nitrogens with zero attached hydrogens (tertiary/aromatic N) is 2. The summed E-state index contributed by atoms with van der Waals surface area (Å²) in [6.45, 7) is 5.74. The maximum Gasteiger partial charge on any atom is 0.236 e. The standard InChI is InChI=1S/C16H27N3O2/c1-13-3-4-15(21-13)11-18(2)16(20)12-19-9-6-14(5-8-17)7-10-19/h3-4,14H,5-12,17H2,1-2H3. The molecule has 2 heterocycles. The number of hydrogen-bond acceptors (Lipinski definition) is 4. The number of rotatable bonds is 6. The minimum absolute atomic E-state index is 0.154. The second-order valence-electron chi connectivity index (χ2n) is 6.06. The van der Waals surface area contributed by atoms with Gasteiger partial charge in [-0.25, -0.2) is 0 Å². The van der Waals surface area contributed by atoms with E-state index in [4.69, 9.17) is 10.2 Å². The van der Waals surface area contributed by atoms with Gasteiger partial charge >= 0.3 is 0 Å². The van der Waals surface area contributed by atoms with E-state index in [-0.39, 0.29) is 5.91 Å². The van der Waals surface area contributed by atoms with Crippen LogP contribution in [0.3, 0.4) is 0 Å². The molecule has 118 valence electrons. The topological polar surface area (TPSA) is 62.7 Å². The number of carbonyl (C=O) groups is 1. The normalized spacial score (nSPS) is 17.1. The van der Waals surface area contributed by atoms with Crippen molar-refractivity contribution in [1.82, 2.24) is 9.80 Å². The molecular formula is C16H27N3O2. The molecule has 1 aromatic rings. The van der Waals surface area contributed by atoms with Gasteiger partial charge in [-0.1, -0.05) is 0 Å². The molecule has 0 aromatic carbocycles. The predicted molar refractivity (Wildman–Crippen MR) is 82.8 cm³/mol. The van der Waals surface area contributed by atoms with Gasteiger partial charge in [-0.15, -0.1) is 0 Å². The molecule has 2 N–H and O–H groups in total. The molecule has 1 fully saturated rings. The number of aryl methyl sites for hydroxylation is 1. The van der Waals surface area contributed by atoms with Crippen LogP contribution in [-0.2, 0) is 11.3 Å². The first-order valence-corrected chi connectivity index (χ1v) is 7.80. The molecule has 0 saturated carbocycles. The summed E-state index contributed by atoms with van der Waals surface area (Å²) in [6, 6.07) is 3.85. The number of nitrogens with two attached hydrogens (primary N) is 1. The third-order valence-corrected chi connectivity index (χ3v) is 4.26. The van der Waals surface area contributed by atoms with Crippen molar-refractivity contribution in [2.45, 2.75) is 32.7 Å². The molecule has 0 aliphatic carbocycles. The molecular weight excluding hydrogens is 266 g/mol. The van der Waals surface area contributed by atoms with Crippen LogP contribution in [0.1, 0.15) is 30.8 Å². The fourth-order valence-electron chi connectivity index (χ4n) is 2.87. The Morgan fingerprint density at radius 3 is 2.71 bits per heavy atom. The summed E-state index contributed by atoms with van der Waals surface area (Å²) in [5, 5.41) is 0. The van der Waals surface area contributed by atoms with Crippen molar-refractivity contribution in [2.75, 3.05) is 33.2 Å². The van der Waals surface area contributed by atoms with Crippen LogP contribution in [0.2, 0.25) is 0 Å². The maximum atomic E-state index is 12.3. The smallest absolute Gasteiger partial charge is 0.236 e. The van der Waals surface area contributed by atoms with Gasteiger partial charge in [0.2, 0.25) is 5.91 Å². The van der Waals surface area contributed by atoms with Crippen LogP contribution in [0.5, 0.6) is 0 Å². The fraction of sp³-hybridized carbons (Fsp3) is 0.688. The summed E-state index contributed by atoms with van der Waals surface area (Å²) in [6.07, 6.45) is 3.43. The highest BCUT2D eigenvalue weighted by Crippen LogP contribution is 2.19. The number of furan rings is 1. The Labute approximate surface area is 127 Å². The molecule has 0 atom stereocenters. The van der Waals surface area contributed by atoms with Crippen molar-refractivity contribution in [3.63, 3.8) is 0 Å². The van der Waals surface area contributed by atoms with Crippen LogP contribution < -0.4 is 5.73 Å². The molecule has 21 heavy (non-hydrogen) atoms. The van der Waals surface area contributed by atoms with E-state index < -0.39 is 0 Å². The number of amides is 1. The van der Waals surface area contributed by atoms with Crippen LogP contribution in [-0.4, -0.2) is 48.9 Å². The van der Waals surface area contributed by atoms with Gasteiger partial charge in [-0.05, 0) is 63.9 Å². The van der Waals surface area contributed by atoms with Crippen LogP contribution in [0.15, 0.2) is 16.5 Å². The minimum atomic E-state index is 0.154. The van der Waals surface area contributed by atoms with Gasteiger partial charge < -0.3 is 15.1 Å². The zero-order valence-corrected chi connectivity index (χ0v) is 13.2. The predicted octanol–water partition coefficient (Wildman–Crippen LogP) is 1.61. The SMILES string of the molecule is Cc1ccc(CN(C)C(=O)CN2CCC(CCN)CC2)o1. The van der Waals surface area contributed by atoms with Crippen LogP contribution in [0.4, 0.5) is 0 Å². The number of piperidine rings is 1. The molecule has 1 saturated heterocycles. The zero-order chi connectivity index (χ0) is 15.2. The molecule has 5 heteroatoms. The van der Waals surface area contributed by atoms with E-state index in [0.29, 0.717) is 13.1 Å². The lowest BCUT2D eigenvalue weighted by atomic mass is 9.94. The lowest BCUT2D eigenvalue weighted by molar-refractivity contribution is -0.132. The maximum absolute atomic E-state index is 12.3. The second kappa shape index (κ2) is 7.61. The zero-order valence-electron chi connectivity index (χ0n) is 13.2. The number of carbonyl (C=O) groups excluding carboxylic acids is 1. The lowest BCUT2D eigenvalue weighted by Crippen LogP contribution is -2.42. The first-order valence-electron chi connectivity index (χ1n) is 7.80. The van der Waals surface area contributed by atoms with Crippen molar-refractivity contribution in [2.24, 2.45) is 11.7 Å². The van der Waals surface area contributed by atoms with E-state index in [0.717, 1.165) is 56.3 Å². The molecule has 1 aliphatic rings. The van der Waals surface area contributed by atoms with Gasteiger partial charge in [-0.3, -0.25) is 9.69 Å². The van der Waals surface area contributed by atoms with Gasteiger partial charge in [0.1, 0.15) is 11.5 Å². The molecule has 0 radical (unpaired) electrons. The van der Waals surface area contributed by atoms with Crippen LogP contribution >= 0.6 is 0 Å². The molecule has 1 amide bonds. The van der Waals surface area contributed by atoms with E-state index in [1.165, 1.54) is 0 Å². The molecule has 0 unspecified atom stereocenters. The lowest BCUT2D eigenvalue weighted by Gasteiger charge is -2.32. The van der Waals surface area contributed by atoms with Crippen molar-refractivity contribution in [3.05, 3.63) is 23.7 Å². The third-order valence-electron chi connectivity index (χ3n) is 4.26. The minimum Gasteiger partial charge on any atom is -0.464 e. The van der Waals surface area contributed by atoms with Gasteiger partial charge in [0.25, 0.3) is 0 Å². The van der Waals surface area contributed by atoms with Gasteiger partial charge in [0, 0.05) is 7.05 Å². The van der Waals surface area contributed by atoms with E-state index in [2.05, 4.69) is 4.90 Å². The summed E-state index contributed by atoms with van der Waals surface area (Å²) in [5.41, 5.74) is 5.61. The Morgan fingerprint density at radius 1 is 1.43 bits per heavy atom. The average molecular weight is 293 g/mol. The summed E-state index contributed by atoms with van der Waals surface area (Å²) >= 11 is 0. The van der Waals surface area contributed by atoms with Crippen molar-refractivity contribution < 1.29 is 9.21 Å². The van der Waals surface area contributed by atoms with E-state index in [1.807, 2.05) is 26.1 Å². The Balaban J connectivity index is 1.74. The first-order chi connectivity index (χ1) is 10.1. The highest BCUT2D eigenvalue weighted by molar-refractivity contribution is 5.77. The van der Waals surface area contributed by atoms with E-state index in [1.54, 1.807) is 4.90 Å². The van der Waals surface area contributed by atoms with Crippen LogP contribution in [0.25, 0.3) is 0 Å². The molecule has 1 aliphatic heterocycles. The van der Waals surface area contributed by atoms with Gasteiger partial charge in [0.05, 0.1) is 13.1 Å². The second-order valence-corrected chi connectivity index (χ2v) is 6.06. The fourth-order valence-corrected chi connectivity index (χ4v) is 2.87. The average Bonchev–Trinajstić information content (AvgIpc) is 2.86. The van der Waals surface area contributed by atoms with E-state index in [9.17, 15) is 4.79 Å². The summed E-state index contributed by atoms with van der Waals surface area (Å²) in [5.74, 6) is 2.62. The Morgan fingerprint density at radius 2 is 2.14 bits per heavy atom. The molecule has 1 aromatic heterocycles. The Bertz CT molecular complexity index is 450. The quantitative estimate of drug-likeness (QED) is 0.865. The highest BCUT2D eigenvalue weighted by Gasteiger charge is 2.21. The van der Waals surface area contributed by atoms with Crippen molar-refractivity contribution >= 4 is 5.91 Å². The van der Waals surface area contributed by atoms with Crippen LogP contribution in [0, 0.1) is 12.8 Å². The third kappa shape index (κ3) is 4.86. The molecule has 0 spiro atoms. The largest absolute Gasteiger partial charge is 0.464 e. The molecule has 2 rings (SSSR count). The van der Waals surface area contributed by atoms with Crippen molar-refractivity contribution in [3.8, 4) is 0 Å². The summed E-state index contributed by atoms with van der Waals surface area (Å²) in [4.78, 5) is 16.2. The molecule has 0 bridgehead atoms. The van der Waals surface area contributed by atoms with Gasteiger partial charge in [0.15, 0.2) is 0 Å². The van der Waals surface area contributed by atoms with E-state index >= 15 is 0 Å².